The first-order valence-corrected chi connectivity index (χ1v) is 11.1. The number of rotatable bonds is 8. The van der Waals surface area contributed by atoms with Crippen LogP contribution in [0.25, 0.3) is 0 Å². The van der Waals surface area contributed by atoms with Crippen LogP contribution in [0.3, 0.4) is 0 Å². The van der Waals surface area contributed by atoms with Crippen molar-refractivity contribution < 1.29 is 5.11 Å². The molecule has 0 saturated carbocycles. The van der Waals surface area contributed by atoms with Gasteiger partial charge >= 0.3 is 0 Å². The first-order valence-electron chi connectivity index (χ1n) is 10.2. The van der Waals surface area contributed by atoms with Gasteiger partial charge in [0, 0.05) is 37.1 Å². The van der Waals surface area contributed by atoms with Gasteiger partial charge in [0.1, 0.15) is 0 Å². The van der Waals surface area contributed by atoms with E-state index in [4.69, 9.17) is 4.99 Å². The van der Waals surface area contributed by atoms with Crippen molar-refractivity contribution in [1.29, 1.82) is 0 Å². The number of aliphatic hydroxyl groups is 1. The zero-order valence-corrected chi connectivity index (χ0v) is 20.5. The largest absolute Gasteiger partial charge is 0.388 e. The second kappa shape index (κ2) is 12.5. The monoisotopic (exact) mass is 528 g/mol. The molecule has 3 rings (SSSR count). The number of thiophene rings is 1. The molecule has 1 aromatic heterocycles. The van der Waals surface area contributed by atoms with Crippen molar-refractivity contribution >= 4 is 41.3 Å². The first kappa shape index (κ1) is 24.1. The summed E-state index contributed by atoms with van der Waals surface area (Å²) in [5, 5.41) is 19.2. The molecular formula is C22H33IN4OS. The van der Waals surface area contributed by atoms with E-state index in [9.17, 15) is 5.11 Å². The zero-order valence-electron chi connectivity index (χ0n) is 17.3. The van der Waals surface area contributed by atoms with Gasteiger partial charge in [-0.2, -0.15) is 0 Å². The topological polar surface area (TPSA) is 59.9 Å². The molecule has 1 aliphatic heterocycles. The van der Waals surface area contributed by atoms with E-state index in [1.54, 1.807) is 4.88 Å². The summed E-state index contributed by atoms with van der Waals surface area (Å²) in [6.45, 7) is 8.73. The van der Waals surface area contributed by atoms with Crippen molar-refractivity contribution in [2.75, 3.05) is 26.2 Å². The molecule has 2 atom stereocenters. The van der Waals surface area contributed by atoms with Gasteiger partial charge in [-0.15, -0.1) is 35.3 Å². The number of fused-ring (bicyclic) bond motifs is 1. The summed E-state index contributed by atoms with van der Waals surface area (Å²) < 4.78 is 0. The summed E-state index contributed by atoms with van der Waals surface area (Å²) in [5.41, 5.74) is 2.43. The van der Waals surface area contributed by atoms with Crippen LogP contribution in [0.4, 0.5) is 0 Å². The van der Waals surface area contributed by atoms with E-state index >= 15 is 0 Å². The molecule has 0 saturated heterocycles. The van der Waals surface area contributed by atoms with Crippen LogP contribution in [0.1, 0.15) is 42.4 Å². The van der Waals surface area contributed by atoms with Gasteiger partial charge in [-0.25, -0.2) is 0 Å². The smallest absolute Gasteiger partial charge is 0.191 e. The highest BCUT2D eigenvalue weighted by Crippen LogP contribution is 2.25. The van der Waals surface area contributed by atoms with Gasteiger partial charge in [0.2, 0.25) is 0 Å². The lowest BCUT2D eigenvalue weighted by atomic mass is 10.1. The number of halogens is 1. The Morgan fingerprint density at radius 1 is 1.24 bits per heavy atom. The van der Waals surface area contributed by atoms with Crippen molar-refractivity contribution in [2.45, 2.75) is 45.4 Å². The number of nitrogens with one attached hydrogen (secondary N) is 2. The number of benzene rings is 1. The Morgan fingerprint density at radius 3 is 2.79 bits per heavy atom. The number of nitrogens with zero attached hydrogens (tertiary/aromatic N) is 2. The van der Waals surface area contributed by atoms with Gasteiger partial charge in [-0.1, -0.05) is 30.3 Å². The van der Waals surface area contributed by atoms with Gasteiger partial charge in [0.15, 0.2) is 5.96 Å². The minimum atomic E-state index is -0.455. The predicted molar refractivity (Wildman–Crippen MR) is 133 cm³/mol. The fourth-order valence-corrected chi connectivity index (χ4v) is 4.39. The third-order valence-electron chi connectivity index (χ3n) is 5.21. The molecule has 0 amide bonds. The molecule has 0 bridgehead atoms. The molecule has 0 fully saturated rings. The van der Waals surface area contributed by atoms with Crippen molar-refractivity contribution in [2.24, 2.45) is 4.99 Å². The maximum Gasteiger partial charge on any atom is 0.191 e. The number of hydrogen-bond donors (Lipinski definition) is 3. The molecule has 160 valence electrons. The van der Waals surface area contributed by atoms with E-state index in [0.717, 1.165) is 44.1 Å². The second-order valence-electron chi connectivity index (χ2n) is 7.30. The van der Waals surface area contributed by atoms with E-state index in [0.29, 0.717) is 19.0 Å². The first-order chi connectivity index (χ1) is 13.7. The fraction of sp³-hybridized carbons (Fsp3) is 0.500. The van der Waals surface area contributed by atoms with Crippen LogP contribution in [-0.2, 0) is 13.0 Å². The maximum absolute atomic E-state index is 10.3. The van der Waals surface area contributed by atoms with E-state index < -0.39 is 6.10 Å². The molecular weight excluding hydrogens is 495 g/mol. The van der Waals surface area contributed by atoms with Gasteiger partial charge in [-0.05, 0) is 49.3 Å². The van der Waals surface area contributed by atoms with E-state index in [1.165, 1.54) is 5.56 Å². The molecule has 0 radical (unpaired) electrons. The number of aliphatic imine (C=N–C) groups is 1. The molecule has 1 aliphatic rings. The van der Waals surface area contributed by atoms with Crippen LogP contribution < -0.4 is 10.6 Å². The average molecular weight is 529 g/mol. The lowest BCUT2D eigenvalue weighted by Gasteiger charge is -2.31. The number of aliphatic hydroxyl groups excluding tert-OH is 1. The van der Waals surface area contributed by atoms with Gasteiger partial charge in [-0.3, -0.25) is 9.89 Å². The second-order valence-corrected chi connectivity index (χ2v) is 8.30. The summed E-state index contributed by atoms with van der Waals surface area (Å²) in [4.78, 5) is 8.83. The minimum Gasteiger partial charge on any atom is -0.388 e. The average Bonchev–Trinajstić information content (AvgIpc) is 3.20. The van der Waals surface area contributed by atoms with E-state index in [1.807, 2.05) is 41.7 Å². The molecule has 29 heavy (non-hydrogen) atoms. The number of guanidine groups is 1. The van der Waals surface area contributed by atoms with Crippen LogP contribution in [0, 0.1) is 0 Å². The summed E-state index contributed by atoms with van der Waals surface area (Å²) in [7, 11) is 0. The third kappa shape index (κ3) is 7.24. The molecule has 2 aromatic rings. The molecule has 0 aliphatic carbocycles. The Balaban J connectivity index is 0.00000300. The van der Waals surface area contributed by atoms with Crippen LogP contribution in [0.15, 0.2) is 46.8 Å². The molecule has 2 heterocycles. The highest BCUT2D eigenvalue weighted by atomic mass is 127. The summed E-state index contributed by atoms with van der Waals surface area (Å²) in [5.74, 6) is 0.822. The summed E-state index contributed by atoms with van der Waals surface area (Å²) in [6.07, 6.45) is 1.34. The Kier molecular flexibility index (Phi) is 10.4. The predicted octanol–water partition coefficient (Wildman–Crippen LogP) is 3.79. The Labute approximate surface area is 195 Å². The van der Waals surface area contributed by atoms with Gasteiger partial charge in [0.25, 0.3) is 0 Å². The lowest BCUT2D eigenvalue weighted by Crippen LogP contribution is -2.41. The molecule has 2 unspecified atom stereocenters. The minimum absolute atomic E-state index is 0. The van der Waals surface area contributed by atoms with Crippen LogP contribution in [-0.4, -0.2) is 48.2 Å². The van der Waals surface area contributed by atoms with E-state index in [2.05, 4.69) is 40.8 Å². The van der Waals surface area contributed by atoms with Crippen LogP contribution >= 0.6 is 35.3 Å². The highest BCUT2D eigenvalue weighted by Gasteiger charge is 2.21. The van der Waals surface area contributed by atoms with E-state index in [-0.39, 0.29) is 24.0 Å². The van der Waals surface area contributed by atoms with Gasteiger partial charge in [0.05, 0.1) is 12.6 Å². The SMILES string of the molecule is CCNC(=NCC(C)N1CCc2sccc2C1)NCCC(O)c1ccccc1.I. The third-order valence-corrected chi connectivity index (χ3v) is 6.24. The Hall–Kier alpha value is -1.16. The molecule has 5 nitrogen and oxygen atoms in total. The molecule has 7 heteroatoms. The lowest BCUT2D eigenvalue weighted by molar-refractivity contribution is 0.168. The Morgan fingerprint density at radius 2 is 2.03 bits per heavy atom. The quantitative estimate of drug-likeness (QED) is 0.277. The molecule has 3 N–H and O–H groups in total. The molecule has 0 spiro atoms. The maximum atomic E-state index is 10.3. The van der Waals surface area contributed by atoms with Crippen LogP contribution in [0.2, 0.25) is 0 Å². The van der Waals surface area contributed by atoms with Crippen molar-refractivity contribution in [1.82, 2.24) is 15.5 Å². The standard InChI is InChI=1S/C22H32N4OS.HI/c1-3-23-22(24-12-9-20(27)18-7-5-4-6-8-18)25-15-17(2)26-13-10-21-19(16-26)11-14-28-21;/h4-8,11,14,17,20,27H,3,9-10,12-13,15-16H2,1-2H3,(H2,23,24,25);1H. The summed E-state index contributed by atoms with van der Waals surface area (Å²) >= 11 is 1.88. The van der Waals surface area contributed by atoms with Crippen molar-refractivity contribution in [3.63, 3.8) is 0 Å². The zero-order chi connectivity index (χ0) is 19.8. The fourth-order valence-electron chi connectivity index (χ4n) is 3.50. The summed E-state index contributed by atoms with van der Waals surface area (Å²) in [6, 6.07) is 12.5. The highest BCUT2D eigenvalue weighted by molar-refractivity contribution is 14.0. The Bertz CT molecular complexity index is 752. The van der Waals surface area contributed by atoms with Crippen molar-refractivity contribution in [3.05, 3.63) is 57.8 Å². The van der Waals surface area contributed by atoms with Crippen molar-refractivity contribution in [3.8, 4) is 0 Å². The van der Waals surface area contributed by atoms with Crippen LogP contribution in [0.5, 0.6) is 0 Å². The number of hydrogen-bond acceptors (Lipinski definition) is 4. The van der Waals surface area contributed by atoms with Gasteiger partial charge < -0.3 is 15.7 Å². The molecule has 1 aromatic carbocycles. The normalized spacial score (nSPS) is 16.4.